The number of hydrazone groups is 1. The monoisotopic (exact) mass is 204 g/mol. The first-order valence-corrected chi connectivity index (χ1v) is 4.83. The SMILES string of the molecule is NC(=O)N/N=C1\CCCc2ncccc21. The van der Waals surface area contributed by atoms with Gasteiger partial charge in [0.2, 0.25) is 0 Å². The zero-order valence-electron chi connectivity index (χ0n) is 8.23. The van der Waals surface area contributed by atoms with Gasteiger partial charge in [0.15, 0.2) is 0 Å². The van der Waals surface area contributed by atoms with Gasteiger partial charge in [0.25, 0.3) is 0 Å². The molecule has 0 radical (unpaired) electrons. The van der Waals surface area contributed by atoms with E-state index < -0.39 is 6.03 Å². The zero-order chi connectivity index (χ0) is 10.7. The average Bonchev–Trinajstić information content (AvgIpc) is 2.26. The molecule has 3 N–H and O–H groups in total. The maximum Gasteiger partial charge on any atom is 0.332 e. The summed E-state index contributed by atoms with van der Waals surface area (Å²) < 4.78 is 0. The number of rotatable bonds is 1. The molecule has 0 unspecified atom stereocenters. The predicted octanol–water partition coefficient (Wildman–Crippen LogP) is 0.790. The van der Waals surface area contributed by atoms with E-state index in [-0.39, 0.29) is 0 Å². The number of nitrogens with two attached hydrogens (primary N) is 1. The topological polar surface area (TPSA) is 80.4 Å². The number of pyridine rings is 1. The zero-order valence-corrected chi connectivity index (χ0v) is 8.23. The van der Waals surface area contributed by atoms with Crippen molar-refractivity contribution in [3.05, 3.63) is 29.6 Å². The average molecular weight is 204 g/mol. The van der Waals surface area contributed by atoms with Crippen molar-refractivity contribution < 1.29 is 4.79 Å². The van der Waals surface area contributed by atoms with Gasteiger partial charge in [-0.25, -0.2) is 10.2 Å². The third kappa shape index (κ3) is 2.12. The van der Waals surface area contributed by atoms with Crippen LogP contribution in [0.3, 0.4) is 0 Å². The Morgan fingerprint density at radius 2 is 2.40 bits per heavy atom. The van der Waals surface area contributed by atoms with Crippen molar-refractivity contribution in [2.75, 3.05) is 0 Å². The lowest BCUT2D eigenvalue weighted by Crippen LogP contribution is -2.27. The van der Waals surface area contributed by atoms with Gasteiger partial charge in [-0.05, 0) is 31.4 Å². The standard InChI is InChI=1S/C10H12N4O/c11-10(15)14-13-9-5-1-4-8-7(9)3-2-6-12-8/h2-3,6H,1,4-5H2,(H3,11,14,15)/b13-9+. The van der Waals surface area contributed by atoms with Gasteiger partial charge in [0.05, 0.1) is 5.71 Å². The van der Waals surface area contributed by atoms with Gasteiger partial charge in [-0.1, -0.05) is 0 Å². The Hall–Kier alpha value is -1.91. The summed E-state index contributed by atoms with van der Waals surface area (Å²) in [6, 6.07) is 3.19. The number of nitrogens with zero attached hydrogens (tertiary/aromatic N) is 2. The summed E-state index contributed by atoms with van der Waals surface area (Å²) >= 11 is 0. The molecule has 0 aliphatic heterocycles. The Morgan fingerprint density at radius 3 is 3.20 bits per heavy atom. The number of carbonyl (C=O) groups excluding carboxylic acids is 1. The number of hydrogen-bond acceptors (Lipinski definition) is 3. The number of nitrogens with one attached hydrogen (secondary N) is 1. The van der Waals surface area contributed by atoms with Crippen molar-refractivity contribution in [2.24, 2.45) is 10.8 Å². The van der Waals surface area contributed by atoms with E-state index in [9.17, 15) is 4.79 Å². The largest absolute Gasteiger partial charge is 0.350 e. The van der Waals surface area contributed by atoms with Gasteiger partial charge in [0, 0.05) is 17.5 Å². The molecule has 15 heavy (non-hydrogen) atoms. The molecule has 0 fully saturated rings. The molecule has 1 aromatic rings. The van der Waals surface area contributed by atoms with E-state index in [0.29, 0.717) is 0 Å². The van der Waals surface area contributed by atoms with Crippen LogP contribution >= 0.6 is 0 Å². The van der Waals surface area contributed by atoms with Crippen LogP contribution in [0.2, 0.25) is 0 Å². The molecule has 0 aromatic carbocycles. The van der Waals surface area contributed by atoms with E-state index in [1.165, 1.54) is 0 Å². The molecule has 0 saturated heterocycles. The van der Waals surface area contributed by atoms with E-state index in [1.54, 1.807) is 6.20 Å². The molecule has 1 heterocycles. The van der Waals surface area contributed by atoms with Crippen molar-refractivity contribution in [3.63, 3.8) is 0 Å². The second kappa shape index (κ2) is 4.08. The lowest BCUT2D eigenvalue weighted by atomic mass is 9.94. The minimum Gasteiger partial charge on any atom is -0.350 e. The number of amides is 2. The van der Waals surface area contributed by atoms with E-state index in [1.807, 2.05) is 12.1 Å². The van der Waals surface area contributed by atoms with Crippen molar-refractivity contribution in [3.8, 4) is 0 Å². The predicted molar refractivity (Wildman–Crippen MR) is 56.4 cm³/mol. The highest BCUT2D eigenvalue weighted by atomic mass is 16.2. The van der Waals surface area contributed by atoms with Crippen LogP contribution in [0.1, 0.15) is 24.1 Å². The summed E-state index contributed by atoms with van der Waals surface area (Å²) in [6.07, 6.45) is 4.58. The lowest BCUT2D eigenvalue weighted by Gasteiger charge is -2.15. The van der Waals surface area contributed by atoms with Gasteiger partial charge in [-0.2, -0.15) is 5.10 Å². The molecule has 78 valence electrons. The van der Waals surface area contributed by atoms with Crippen LogP contribution in [0.15, 0.2) is 23.4 Å². The highest BCUT2D eigenvalue weighted by Gasteiger charge is 2.15. The van der Waals surface area contributed by atoms with E-state index in [0.717, 1.165) is 36.2 Å². The van der Waals surface area contributed by atoms with Crippen LogP contribution in [0, 0.1) is 0 Å². The summed E-state index contributed by atoms with van der Waals surface area (Å²) in [5, 5.41) is 3.98. The number of aryl methyl sites for hydroxylation is 1. The molecule has 5 nitrogen and oxygen atoms in total. The number of urea groups is 1. The Bertz CT molecular complexity index is 414. The summed E-state index contributed by atoms with van der Waals surface area (Å²) in [5.74, 6) is 0. The number of fused-ring (bicyclic) bond motifs is 1. The molecule has 5 heteroatoms. The Balaban J connectivity index is 2.29. The first-order valence-electron chi connectivity index (χ1n) is 4.83. The van der Waals surface area contributed by atoms with E-state index >= 15 is 0 Å². The quantitative estimate of drug-likeness (QED) is 0.663. The molecule has 0 spiro atoms. The minimum absolute atomic E-state index is 0.640. The first kappa shape index (κ1) is 9.64. The molecular formula is C10H12N4O. The van der Waals surface area contributed by atoms with Gasteiger partial charge >= 0.3 is 6.03 Å². The van der Waals surface area contributed by atoms with E-state index in [4.69, 9.17) is 5.73 Å². The highest BCUT2D eigenvalue weighted by Crippen LogP contribution is 2.18. The van der Waals surface area contributed by atoms with Crippen molar-refractivity contribution in [2.45, 2.75) is 19.3 Å². The smallest absolute Gasteiger partial charge is 0.332 e. The third-order valence-corrected chi connectivity index (χ3v) is 2.33. The van der Waals surface area contributed by atoms with Gasteiger partial charge in [0.1, 0.15) is 0 Å². The molecule has 0 atom stereocenters. The van der Waals surface area contributed by atoms with Gasteiger partial charge in [-0.15, -0.1) is 0 Å². The molecule has 1 aromatic heterocycles. The number of aromatic nitrogens is 1. The highest BCUT2D eigenvalue weighted by molar-refractivity contribution is 6.02. The van der Waals surface area contributed by atoms with Crippen molar-refractivity contribution >= 4 is 11.7 Å². The maximum absolute atomic E-state index is 10.5. The third-order valence-electron chi connectivity index (χ3n) is 2.33. The van der Waals surface area contributed by atoms with E-state index in [2.05, 4.69) is 15.5 Å². The van der Waals surface area contributed by atoms with Crippen LogP contribution < -0.4 is 11.2 Å². The lowest BCUT2D eigenvalue weighted by molar-refractivity contribution is 0.249. The molecule has 1 aliphatic carbocycles. The van der Waals surface area contributed by atoms with Crippen molar-refractivity contribution in [1.82, 2.24) is 10.4 Å². The van der Waals surface area contributed by atoms with Crippen molar-refractivity contribution in [1.29, 1.82) is 0 Å². The Labute approximate surface area is 87.4 Å². The second-order valence-corrected chi connectivity index (χ2v) is 3.39. The molecular weight excluding hydrogens is 192 g/mol. The molecule has 0 saturated carbocycles. The fourth-order valence-electron chi connectivity index (χ4n) is 1.70. The summed E-state index contributed by atoms with van der Waals surface area (Å²) in [7, 11) is 0. The Morgan fingerprint density at radius 1 is 1.53 bits per heavy atom. The molecule has 0 bridgehead atoms. The van der Waals surface area contributed by atoms with Gasteiger partial charge in [-0.3, -0.25) is 4.98 Å². The van der Waals surface area contributed by atoms with Crippen LogP contribution in [-0.4, -0.2) is 16.7 Å². The summed E-state index contributed by atoms with van der Waals surface area (Å²) in [6.45, 7) is 0. The molecule has 2 rings (SSSR count). The first-order chi connectivity index (χ1) is 7.27. The molecule has 1 aliphatic rings. The Kier molecular flexibility index (Phi) is 2.62. The van der Waals surface area contributed by atoms with Crippen LogP contribution in [-0.2, 0) is 6.42 Å². The van der Waals surface area contributed by atoms with Crippen LogP contribution in [0.4, 0.5) is 4.79 Å². The summed E-state index contributed by atoms with van der Waals surface area (Å²) in [4.78, 5) is 14.8. The number of primary amides is 1. The normalized spacial score (nSPS) is 17.2. The minimum atomic E-state index is -0.640. The molecule has 2 amide bonds. The van der Waals surface area contributed by atoms with Crippen LogP contribution in [0.5, 0.6) is 0 Å². The van der Waals surface area contributed by atoms with Gasteiger partial charge < -0.3 is 5.73 Å². The number of hydrogen-bond donors (Lipinski definition) is 2. The second-order valence-electron chi connectivity index (χ2n) is 3.39. The maximum atomic E-state index is 10.5. The fourth-order valence-corrected chi connectivity index (χ4v) is 1.70. The summed E-state index contributed by atoms with van der Waals surface area (Å²) in [5.41, 5.74) is 10.1. The fraction of sp³-hybridized carbons (Fsp3) is 0.300. The number of carbonyl (C=O) groups is 1. The van der Waals surface area contributed by atoms with Crippen LogP contribution in [0.25, 0.3) is 0 Å².